The maximum Gasteiger partial charge on any atom is 0.118 e. The van der Waals surface area contributed by atoms with E-state index in [2.05, 4.69) is 62.4 Å². The molecule has 2 aromatic rings. The molecule has 0 amide bonds. The Morgan fingerprint density at radius 1 is 0.864 bits per heavy atom. The summed E-state index contributed by atoms with van der Waals surface area (Å²) >= 11 is 0. The number of benzene rings is 2. The second-order valence-corrected chi connectivity index (χ2v) is 6.39. The van der Waals surface area contributed by atoms with Gasteiger partial charge in [-0.3, -0.25) is 0 Å². The first-order chi connectivity index (χ1) is 10.7. The van der Waals surface area contributed by atoms with Crippen LogP contribution in [0, 0.1) is 12.8 Å². The molecular formula is C21H28O. The Labute approximate surface area is 135 Å². The number of hydrogen-bond acceptors (Lipinski definition) is 1. The van der Waals surface area contributed by atoms with Crippen molar-refractivity contribution >= 4 is 0 Å². The van der Waals surface area contributed by atoms with Crippen LogP contribution < -0.4 is 4.74 Å². The third-order valence-electron chi connectivity index (χ3n) is 4.28. The number of unbranched alkanes of at least 4 members (excludes halogenated alkanes) is 1. The number of ether oxygens (including phenoxy) is 1. The molecule has 118 valence electrons. The van der Waals surface area contributed by atoms with Crippen LogP contribution in [0.3, 0.4) is 0 Å². The van der Waals surface area contributed by atoms with E-state index in [1.165, 1.54) is 42.4 Å². The molecule has 2 aromatic carbocycles. The molecular weight excluding hydrogens is 268 g/mol. The maximum atomic E-state index is 5.20. The Balaban J connectivity index is 1.66. The molecule has 0 radical (unpaired) electrons. The number of rotatable bonds is 8. The molecule has 1 nitrogen and oxygen atoms in total. The summed E-state index contributed by atoms with van der Waals surface area (Å²) in [4.78, 5) is 0. The highest BCUT2D eigenvalue weighted by atomic mass is 16.5. The van der Waals surface area contributed by atoms with Gasteiger partial charge in [0.15, 0.2) is 0 Å². The first-order valence-corrected chi connectivity index (χ1v) is 8.36. The first-order valence-electron chi connectivity index (χ1n) is 8.36. The molecule has 0 bridgehead atoms. The predicted molar refractivity (Wildman–Crippen MR) is 94.6 cm³/mol. The van der Waals surface area contributed by atoms with Crippen LogP contribution in [-0.2, 0) is 12.8 Å². The van der Waals surface area contributed by atoms with E-state index in [0.29, 0.717) is 0 Å². The van der Waals surface area contributed by atoms with E-state index >= 15 is 0 Å². The Morgan fingerprint density at radius 2 is 1.50 bits per heavy atom. The van der Waals surface area contributed by atoms with E-state index in [9.17, 15) is 0 Å². The van der Waals surface area contributed by atoms with Crippen molar-refractivity contribution in [3.8, 4) is 5.75 Å². The van der Waals surface area contributed by atoms with E-state index < -0.39 is 0 Å². The predicted octanol–water partition coefficient (Wildman–Crippen LogP) is 5.60. The molecule has 0 N–H and O–H groups in total. The van der Waals surface area contributed by atoms with Gasteiger partial charge in [-0.25, -0.2) is 0 Å². The van der Waals surface area contributed by atoms with E-state index in [4.69, 9.17) is 4.74 Å². The van der Waals surface area contributed by atoms with Crippen molar-refractivity contribution in [2.24, 2.45) is 5.92 Å². The Hall–Kier alpha value is -1.76. The zero-order chi connectivity index (χ0) is 15.8. The van der Waals surface area contributed by atoms with Crippen LogP contribution in [0.2, 0.25) is 0 Å². The maximum absolute atomic E-state index is 5.20. The molecule has 1 atom stereocenters. The summed E-state index contributed by atoms with van der Waals surface area (Å²) in [6.07, 6.45) is 6.27. The molecule has 0 aliphatic heterocycles. The van der Waals surface area contributed by atoms with Crippen LogP contribution in [0.1, 0.15) is 42.9 Å². The Morgan fingerprint density at radius 3 is 2.14 bits per heavy atom. The van der Waals surface area contributed by atoms with Gasteiger partial charge in [-0.15, -0.1) is 0 Å². The van der Waals surface area contributed by atoms with E-state index in [1.807, 2.05) is 0 Å². The largest absolute Gasteiger partial charge is 0.497 e. The molecule has 0 heterocycles. The molecule has 0 aromatic heterocycles. The standard InChI is InChI=1S/C21H28O/c1-17-8-10-19(11-9-17)7-5-4-6-18(2)16-20-12-14-21(22-3)15-13-20/h8-15,18H,4-7,16H2,1-3H3/t18-/m0/s1. The molecule has 0 fully saturated rings. The monoisotopic (exact) mass is 296 g/mol. The third-order valence-corrected chi connectivity index (χ3v) is 4.28. The third kappa shape index (κ3) is 5.55. The average molecular weight is 296 g/mol. The molecule has 0 saturated heterocycles. The summed E-state index contributed by atoms with van der Waals surface area (Å²) in [7, 11) is 1.71. The van der Waals surface area contributed by atoms with Crippen LogP contribution in [-0.4, -0.2) is 7.11 Å². The summed E-state index contributed by atoms with van der Waals surface area (Å²) in [5.41, 5.74) is 4.22. The van der Waals surface area contributed by atoms with Crippen molar-refractivity contribution in [2.75, 3.05) is 7.11 Å². The van der Waals surface area contributed by atoms with Gasteiger partial charge < -0.3 is 4.74 Å². The minimum atomic E-state index is 0.742. The fourth-order valence-electron chi connectivity index (χ4n) is 2.84. The number of methoxy groups -OCH3 is 1. The lowest BCUT2D eigenvalue weighted by molar-refractivity contribution is 0.414. The topological polar surface area (TPSA) is 9.23 Å². The highest BCUT2D eigenvalue weighted by Gasteiger charge is 2.04. The summed E-state index contributed by atoms with van der Waals surface area (Å²) < 4.78 is 5.20. The van der Waals surface area contributed by atoms with Gasteiger partial charge in [-0.1, -0.05) is 61.7 Å². The van der Waals surface area contributed by atoms with Crippen molar-refractivity contribution in [3.05, 3.63) is 65.2 Å². The van der Waals surface area contributed by atoms with Crippen LogP contribution >= 0.6 is 0 Å². The normalized spacial score (nSPS) is 12.1. The van der Waals surface area contributed by atoms with E-state index in [-0.39, 0.29) is 0 Å². The van der Waals surface area contributed by atoms with E-state index in [0.717, 1.165) is 18.1 Å². The van der Waals surface area contributed by atoms with E-state index in [1.54, 1.807) is 7.11 Å². The van der Waals surface area contributed by atoms with Crippen LogP contribution in [0.15, 0.2) is 48.5 Å². The Kier molecular flexibility index (Phi) is 6.51. The molecule has 0 spiro atoms. The zero-order valence-corrected chi connectivity index (χ0v) is 14.1. The smallest absolute Gasteiger partial charge is 0.118 e. The second kappa shape index (κ2) is 8.63. The van der Waals surface area contributed by atoms with Gasteiger partial charge in [0.2, 0.25) is 0 Å². The number of aryl methyl sites for hydroxylation is 2. The highest BCUT2D eigenvalue weighted by molar-refractivity contribution is 5.27. The van der Waals surface area contributed by atoms with Gasteiger partial charge >= 0.3 is 0 Å². The summed E-state index contributed by atoms with van der Waals surface area (Å²) in [5.74, 6) is 1.68. The summed E-state index contributed by atoms with van der Waals surface area (Å²) in [6.45, 7) is 4.50. The Bertz CT molecular complexity index is 539. The first kappa shape index (κ1) is 16.6. The van der Waals surface area contributed by atoms with Gasteiger partial charge in [-0.05, 0) is 55.4 Å². The fourth-order valence-corrected chi connectivity index (χ4v) is 2.84. The summed E-state index contributed by atoms with van der Waals surface area (Å²) in [5, 5.41) is 0. The zero-order valence-electron chi connectivity index (χ0n) is 14.1. The van der Waals surface area contributed by atoms with Crippen molar-refractivity contribution in [1.82, 2.24) is 0 Å². The molecule has 2 rings (SSSR count). The molecule has 0 saturated carbocycles. The molecule has 0 aliphatic carbocycles. The van der Waals surface area contributed by atoms with Gasteiger partial charge in [0.1, 0.15) is 5.75 Å². The SMILES string of the molecule is COc1ccc(C[C@@H](C)CCCCc2ccc(C)cc2)cc1. The quantitative estimate of drug-likeness (QED) is 0.576. The van der Waals surface area contributed by atoms with Gasteiger partial charge in [0.25, 0.3) is 0 Å². The van der Waals surface area contributed by atoms with Crippen molar-refractivity contribution in [2.45, 2.75) is 46.0 Å². The van der Waals surface area contributed by atoms with Crippen molar-refractivity contribution < 1.29 is 4.74 Å². The molecule has 0 unspecified atom stereocenters. The highest BCUT2D eigenvalue weighted by Crippen LogP contribution is 2.18. The molecule has 0 aliphatic rings. The number of hydrogen-bond donors (Lipinski definition) is 0. The lowest BCUT2D eigenvalue weighted by Crippen LogP contribution is -2.00. The van der Waals surface area contributed by atoms with Crippen molar-refractivity contribution in [3.63, 3.8) is 0 Å². The lowest BCUT2D eigenvalue weighted by Gasteiger charge is -2.12. The van der Waals surface area contributed by atoms with Crippen molar-refractivity contribution in [1.29, 1.82) is 0 Å². The van der Waals surface area contributed by atoms with Crippen LogP contribution in [0.4, 0.5) is 0 Å². The minimum absolute atomic E-state index is 0.742. The lowest BCUT2D eigenvalue weighted by atomic mass is 9.95. The molecule has 1 heteroatoms. The second-order valence-electron chi connectivity index (χ2n) is 6.39. The molecule has 22 heavy (non-hydrogen) atoms. The minimum Gasteiger partial charge on any atom is -0.497 e. The van der Waals surface area contributed by atoms with Gasteiger partial charge in [-0.2, -0.15) is 0 Å². The van der Waals surface area contributed by atoms with Crippen LogP contribution in [0.5, 0.6) is 5.75 Å². The van der Waals surface area contributed by atoms with Gasteiger partial charge in [0, 0.05) is 0 Å². The van der Waals surface area contributed by atoms with Gasteiger partial charge in [0.05, 0.1) is 7.11 Å². The van der Waals surface area contributed by atoms with Crippen LogP contribution in [0.25, 0.3) is 0 Å². The fraction of sp³-hybridized carbons (Fsp3) is 0.429. The summed E-state index contributed by atoms with van der Waals surface area (Å²) in [6, 6.07) is 17.4. The average Bonchev–Trinajstić information content (AvgIpc) is 2.54.